The van der Waals surface area contributed by atoms with Crippen molar-refractivity contribution in [2.45, 2.75) is 37.1 Å². The van der Waals surface area contributed by atoms with Crippen molar-refractivity contribution in [1.82, 2.24) is 15.1 Å². The summed E-state index contributed by atoms with van der Waals surface area (Å²) in [6.07, 6.45) is 1.98. The fraction of sp³-hybridized carbons (Fsp3) is 0.400. The van der Waals surface area contributed by atoms with Crippen molar-refractivity contribution in [3.63, 3.8) is 0 Å². The lowest BCUT2D eigenvalue weighted by atomic mass is 10.1. The summed E-state index contributed by atoms with van der Waals surface area (Å²) >= 11 is 0.555. The Labute approximate surface area is 127 Å². The topological polar surface area (TPSA) is 29.9 Å². The van der Waals surface area contributed by atoms with Crippen LogP contribution < -0.4 is 5.32 Å². The number of aryl methyl sites for hydroxylation is 1. The van der Waals surface area contributed by atoms with E-state index in [1.165, 1.54) is 0 Å². The quantitative estimate of drug-likeness (QED) is 0.821. The number of nitrogens with zero attached hydrogens (tertiary/aromatic N) is 2. The number of aromatic nitrogens is 2. The zero-order valence-electron chi connectivity index (χ0n) is 12.3. The monoisotopic (exact) mass is 311 g/mol. The molecule has 0 atom stereocenters. The maximum Gasteiger partial charge on any atom is 0.288 e. The van der Waals surface area contributed by atoms with Gasteiger partial charge in [0.25, 0.3) is 5.76 Å². The maximum atomic E-state index is 12.3. The molecule has 1 aromatic heterocycles. The van der Waals surface area contributed by atoms with Crippen LogP contribution in [0.25, 0.3) is 11.3 Å². The van der Waals surface area contributed by atoms with Crippen molar-refractivity contribution in [3.05, 3.63) is 36.0 Å². The normalized spacial score (nSPS) is 11.6. The molecule has 0 bridgehead atoms. The largest absolute Gasteiger partial charge is 0.310 e. The minimum atomic E-state index is -2.39. The summed E-state index contributed by atoms with van der Waals surface area (Å²) in [4.78, 5) is 0.562. The van der Waals surface area contributed by atoms with Gasteiger partial charge in [-0.2, -0.15) is 13.9 Å². The van der Waals surface area contributed by atoms with Crippen molar-refractivity contribution in [3.8, 4) is 11.3 Å². The summed E-state index contributed by atoms with van der Waals surface area (Å²) in [5, 5.41) is 7.84. The molecule has 114 valence electrons. The summed E-state index contributed by atoms with van der Waals surface area (Å²) < 4.78 is 26.4. The first kappa shape index (κ1) is 16.0. The molecule has 0 fully saturated rings. The highest BCUT2D eigenvalue weighted by atomic mass is 32.2. The van der Waals surface area contributed by atoms with Crippen LogP contribution in [0.3, 0.4) is 0 Å². The summed E-state index contributed by atoms with van der Waals surface area (Å²) in [5.41, 5.74) is 2.93. The van der Waals surface area contributed by atoms with Crippen LogP contribution in [0, 0.1) is 0 Å². The van der Waals surface area contributed by atoms with Crippen molar-refractivity contribution >= 4 is 11.8 Å². The number of halogens is 2. The van der Waals surface area contributed by atoms with Gasteiger partial charge in [0.2, 0.25) is 0 Å². The van der Waals surface area contributed by atoms with Crippen molar-refractivity contribution in [2.75, 3.05) is 0 Å². The Morgan fingerprint density at radius 3 is 2.48 bits per heavy atom. The van der Waals surface area contributed by atoms with Crippen LogP contribution in [0.5, 0.6) is 0 Å². The molecule has 1 aromatic carbocycles. The molecule has 0 aliphatic heterocycles. The molecule has 21 heavy (non-hydrogen) atoms. The second kappa shape index (κ2) is 7.04. The van der Waals surface area contributed by atoms with Gasteiger partial charge >= 0.3 is 0 Å². The molecule has 0 aliphatic rings. The number of benzene rings is 1. The fourth-order valence-electron chi connectivity index (χ4n) is 2.02. The predicted molar refractivity (Wildman–Crippen MR) is 82.5 cm³/mol. The number of hydrogen-bond donors (Lipinski definition) is 1. The number of alkyl halides is 2. The average Bonchev–Trinajstić information content (AvgIpc) is 2.78. The van der Waals surface area contributed by atoms with Gasteiger partial charge in [0.1, 0.15) is 0 Å². The third kappa shape index (κ3) is 4.54. The van der Waals surface area contributed by atoms with Crippen LogP contribution in [0.4, 0.5) is 8.78 Å². The SMILES string of the molecule is CC(C)NCc1cn(C)nc1-c1ccc(SC(F)F)cc1. The van der Waals surface area contributed by atoms with E-state index in [2.05, 4.69) is 24.3 Å². The Hall–Kier alpha value is -1.40. The van der Waals surface area contributed by atoms with Crippen molar-refractivity contribution in [1.29, 1.82) is 0 Å². The highest BCUT2D eigenvalue weighted by molar-refractivity contribution is 7.99. The van der Waals surface area contributed by atoms with E-state index in [9.17, 15) is 8.78 Å². The lowest BCUT2D eigenvalue weighted by Gasteiger charge is -2.08. The molecule has 1 N–H and O–H groups in total. The van der Waals surface area contributed by atoms with E-state index in [1.807, 2.05) is 25.4 Å². The first-order valence-corrected chi connectivity index (χ1v) is 7.65. The molecule has 1 heterocycles. The van der Waals surface area contributed by atoms with Gasteiger partial charge in [-0.25, -0.2) is 0 Å². The molecule has 0 spiro atoms. The Morgan fingerprint density at radius 1 is 1.24 bits per heavy atom. The Morgan fingerprint density at radius 2 is 1.90 bits per heavy atom. The van der Waals surface area contributed by atoms with Crippen LogP contribution in [0.1, 0.15) is 19.4 Å². The molecule has 3 nitrogen and oxygen atoms in total. The highest BCUT2D eigenvalue weighted by Crippen LogP contribution is 2.28. The van der Waals surface area contributed by atoms with Crippen LogP contribution in [0.2, 0.25) is 0 Å². The molecule has 0 aliphatic carbocycles. The van der Waals surface area contributed by atoms with E-state index in [1.54, 1.807) is 16.8 Å². The fourth-order valence-corrected chi connectivity index (χ4v) is 2.52. The number of rotatable bonds is 6. The van der Waals surface area contributed by atoms with E-state index < -0.39 is 5.76 Å². The molecule has 0 saturated heterocycles. The lowest BCUT2D eigenvalue weighted by Crippen LogP contribution is -2.21. The van der Waals surface area contributed by atoms with Crippen molar-refractivity contribution < 1.29 is 8.78 Å². The average molecular weight is 311 g/mol. The highest BCUT2D eigenvalue weighted by Gasteiger charge is 2.11. The molecule has 2 rings (SSSR count). The molecule has 2 aromatic rings. The zero-order valence-corrected chi connectivity index (χ0v) is 13.1. The zero-order chi connectivity index (χ0) is 15.4. The van der Waals surface area contributed by atoms with Gasteiger partial charge in [-0.1, -0.05) is 37.7 Å². The van der Waals surface area contributed by atoms with E-state index >= 15 is 0 Å². The first-order chi connectivity index (χ1) is 9.95. The van der Waals surface area contributed by atoms with E-state index in [-0.39, 0.29) is 0 Å². The summed E-state index contributed by atoms with van der Waals surface area (Å²) in [6, 6.07) is 7.49. The molecule has 0 saturated carbocycles. The minimum absolute atomic E-state index is 0.392. The van der Waals surface area contributed by atoms with Crippen LogP contribution in [-0.2, 0) is 13.6 Å². The first-order valence-electron chi connectivity index (χ1n) is 6.77. The van der Waals surface area contributed by atoms with Gasteiger partial charge < -0.3 is 5.32 Å². The van der Waals surface area contributed by atoms with E-state index in [0.717, 1.165) is 23.4 Å². The standard InChI is InChI=1S/C15H19F2N3S/c1-10(2)18-8-12-9-20(3)19-14(12)11-4-6-13(7-5-11)21-15(16)17/h4-7,9-10,15,18H,8H2,1-3H3. The Balaban J connectivity index is 2.20. The molecular weight excluding hydrogens is 292 g/mol. The minimum Gasteiger partial charge on any atom is -0.310 e. The van der Waals surface area contributed by atoms with Crippen LogP contribution in [0.15, 0.2) is 35.4 Å². The summed E-state index contributed by atoms with van der Waals surface area (Å²) in [7, 11) is 1.88. The molecule has 6 heteroatoms. The van der Waals surface area contributed by atoms with Gasteiger partial charge in [-0.3, -0.25) is 4.68 Å². The van der Waals surface area contributed by atoms with Gasteiger partial charge in [-0.05, 0) is 12.1 Å². The Kier molecular flexibility index (Phi) is 5.36. The van der Waals surface area contributed by atoms with Crippen molar-refractivity contribution in [2.24, 2.45) is 7.05 Å². The van der Waals surface area contributed by atoms with Crippen LogP contribution >= 0.6 is 11.8 Å². The lowest BCUT2D eigenvalue weighted by molar-refractivity contribution is 0.252. The maximum absolute atomic E-state index is 12.3. The molecular formula is C15H19F2N3S. The number of nitrogens with one attached hydrogen (secondary N) is 1. The number of thioether (sulfide) groups is 1. The Bertz CT molecular complexity index is 579. The van der Waals surface area contributed by atoms with E-state index in [4.69, 9.17) is 0 Å². The van der Waals surface area contributed by atoms with Gasteiger partial charge in [0.05, 0.1) is 5.69 Å². The van der Waals surface area contributed by atoms with Crippen LogP contribution in [-0.4, -0.2) is 21.6 Å². The predicted octanol–water partition coefficient (Wildman–Crippen LogP) is 3.90. The third-order valence-corrected chi connectivity index (χ3v) is 3.68. The second-order valence-corrected chi connectivity index (χ2v) is 6.18. The van der Waals surface area contributed by atoms with Gasteiger partial charge in [0, 0.05) is 41.9 Å². The summed E-state index contributed by atoms with van der Waals surface area (Å²) in [5.74, 6) is -2.39. The second-order valence-electron chi connectivity index (χ2n) is 5.12. The third-order valence-electron chi connectivity index (χ3n) is 2.96. The molecule has 0 radical (unpaired) electrons. The van der Waals surface area contributed by atoms with Gasteiger partial charge in [0.15, 0.2) is 0 Å². The van der Waals surface area contributed by atoms with Gasteiger partial charge in [-0.15, -0.1) is 0 Å². The smallest absolute Gasteiger partial charge is 0.288 e. The number of hydrogen-bond acceptors (Lipinski definition) is 3. The summed E-state index contributed by atoms with van der Waals surface area (Å²) in [6.45, 7) is 4.91. The molecule has 0 amide bonds. The van der Waals surface area contributed by atoms with E-state index in [0.29, 0.717) is 22.7 Å². The molecule has 0 unspecified atom stereocenters.